The Morgan fingerprint density at radius 1 is 0.792 bits per heavy atom. The summed E-state index contributed by atoms with van der Waals surface area (Å²) in [5.41, 5.74) is 3.98. The Kier molecular flexibility index (Phi) is 5.02. The molecule has 0 fully saturated rings. The van der Waals surface area contributed by atoms with Crippen LogP contribution >= 0.6 is 0 Å². The summed E-state index contributed by atoms with van der Waals surface area (Å²) in [6.07, 6.45) is 0.310. The molecule has 3 rings (SSSR count). The van der Waals surface area contributed by atoms with Crippen LogP contribution in [0.5, 0.6) is 0 Å². The van der Waals surface area contributed by atoms with Gasteiger partial charge in [0.1, 0.15) is 5.82 Å². The van der Waals surface area contributed by atoms with Crippen LogP contribution in [0, 0.1) is 5.82 Å². The van der Waals surface area contributed by atoms with Crippen molar-refractivity contribution < 1.29 is 9.18 Å². The van der Waals surface area contributed by atoms with Gasteiger partial charge in [-0.2, -0.15) is 0 Å². The number of nitrogens with one attached hydrogen (secondary N) is 1. The van der Waals surface area contributed by atoms with Gasteiger partial charge in [-0.1, -0.05) is 66.7 Å². The van der Waals surface area contributed by atoms with Crippen molar-refractivity contribution in [2.45, 2.75) is 13.0 Å². The molecule has 3 aromatic carbocycles. The van der Waals surface area contributed by atoms with Gasteiger partial charge in [0.25, 0.3) is 0 Å². The lowest BCUT2D eigenvalue weighted by Gasteiger charge is -2.07. The molecule has 0 saturated heterocycles. The molecule has 1 amide bonds. The predicted molar refractivity (Wildman–Crippen MR) is 93.8 cm³/mol. The predicted octanol–water partition coefficient (Wildman–Crippen LogP) is 4.35. The molecular weight excluding hydrogens is 301 g/mol. The Bertz CT molecular complexity index is 813. The van der Waals surface area contributed by atoms with Crippen LogP contribution in [0.2, 0.25) is 0 Å². The fourth-order valence-corrected chi connectivity index (χ4v) is 2.54. The summed E-state index contributed by atoms with van der Waals surface area (Å²) in [6.45, 7) is 0.332. The Morgan fingerprint density at radius 3 is 2.21 bits per heavy atom. The lowest BCUT2D eigenvalue weighted by Crippen LogP contribution is -2.24. The molecule has 0 heterocycles. The molecule has 2 nitrogen and oxygen atoms in total. The minimum atomic E-state index is -0.293. The lowest BCUT2D eigenvalue weighted by molar-refractivity contribution is -0.120. The van der Waals surface area contributed by atoms with Gasteiger partial charge >= 0.3 is 0 Å². The first kappa shape index (κ1) is 15.9. The van der Waals surface area contributed by atoms with Crippen molar-refractivity contribution in [1.82, 2.24) is 5.32 Å². The van der Waals surface area contributed by atoms with E-state index < -0.39 is 0 Å². The fourth-order valence-electron chi connectivity index (χ4n) is 2.54. The largest absolute Gasteiger partial charge is 0.352 e. The van der Waals surface area contributed by atoms with E-state index in [1.54, 1.807) is 12.1 Å². The summed E-state index contributed by atoms with van der Waals surface area (Å²) >= 11 is 0. The van der Waals surface area contributed by atoms with Crippen LogP contribution in [-0.2, 0) is 17.8 Å². The van der Waals surface area contributed by atoms with Crippen LogP contribution in [0.1, 0.15) is 11.1 Å². The topological polar surface area (TPSA) is 29.1 Å². The van der Waals surface area contributed by atoms with E-state index in [2.05, 4.69) is 17.4 Å². The third kappa shape index (κ3) is 4.29. The van der Waals surface area contributed by atoms with Crippen molar-refractivity contribution in [3.05, 3.63) is 95.8 Å². The van der Waals surface area contributed by atoms with Crippen LogP contribution in [0.15, 0.2) is 78.9 Å². The summed E-state index contributed by atoms with van der Waals surface area (Å²) < 4.78 is 13.1. The van der Waals surface area contributed by atoms with Crippen molar-refractivity contribution in [3.63, 3.8) is 0 Å². The molecule has 0 bridgehead atoms. The maximum Gasteiger partial charge on any atom is 0.224 e. The first-order valence-electron chi connectivity index (χ1n) is 7.86. The summed E-state index contributed by atoms with van der Waals surface area (Å²) in [5.74, 6) is -0.370. The molecule has 0 aliphatic carbocycles. The Balaban J connectivity index is 1.57. The van der Waals surface area contributed by atoms with E-state index in [1.165, 1.54) is 12.1 Å². The summed E-state index contributed by atoms with van der Waals surface area (Å²) in [7, 11) is 0. The molecule has 3 aromatic rings. The third-order valence-electron chi connectivity index (χ3n) is 3.80. The molecule has 24 heavy (non-hydrogen) atoms. The highest BCUT2D eigenvalue weighted by atomic mass is 19.1. The monoisotopic (exact) mass is 319 g/mol. The highest BCUT2D eigenvalue weighted by Crippen LogP contribution is 2.19. The van der Waals surface area contributed by atoms with E-state index in [9.17, 15) is 9.18 Å². The molecule has 0 saturated carbocycles. The number of rotatable bonds is 5. The van der Waals surface area contributed by atoms with Crippen LogP contribution in [0.25, 0.3) is 11.1 Å². The quantitative estimate of drug-likeness (QED) is 0.744. The van der Waals surface area contributed by atoms with Gasteiger partial charge in [-0.15, -0.1) is 0 Å². The van der Waals surface area contributed by atoms with Crippen molar-refractivity contribution >= 4 is 5.91 Å². The Hall–Kier alpha value is -2.94. The summed E-state index contributed by atoms with van der Waals surface area (Å²) in [5, 5.41) is 2.82. The van der Waals surface area contributed by atoms with Gasteiger partial charge in [0.05, 0.1) is 6.42 Å². The van der Waals surface area contributed by atoms with Gasteiger partial charge in [-0.3, -0.25) is 4.79 Å². The number of carbonyl (C=O) groups is 1. The van der Waals surface area contributed by atoms with Crippen molar-refractivity contribution in [2.24, 2.45) is 0 Å². The van der Waals surface area contributed by atoms with E-state index in [-0.39, 0.29) is 11.7 Å². The van der Waals surface area contributed by atoms with E-state index in [0.29, 0.717) is 13.0 Å². The molecule has 0 atom stereocenters. The zero-order valence-electron chi connectivity index (χ0n) is 13.2. The standard InChI is InChI=1S/C21H18FNO/c22-20-8-4-5-17(13-20)15-23-21(24)14-16-9-11-19(12-10-16)18-6-2-1-3-7-18/h1-13H,14-15H2,(H,23,24). The molecule has 0 aliphatic heterocycles. The number of amides is 1. The SMILES string of the molecule is O=C(Cc1ccc(-c2ccccc2)cc1)NCc1cccc(F)c1. The average molecular weight is 319 g/mol. The zero-order chi connectivity index (χ0) is 16.8. The lowest BCUT2D eigenvalue weighted by atomic mass is 10.0. The maximum atomic E-state index is 13.1. The molecule has 120 valence electrons. The second-order valence-corrected chi connectivity index (χ2v) is 5.65. The van der Waals surface area contributed by atoms with Gasteiger partial charge < -0.3 is 5.32 Å². The number of benzene rings is 3. The first-order chi connectivity index (χ1) is 11.7. The van der Waals surface area contributed by atoms with Crippen molar-refractivity contribution in [3.8, 4) is 11.1 Å². The number of halogens is 1. The molecule has 0 radical (unpaired) electrons. The maximum absolute atomic E-state index is 13.1. The molecule has 0 unspecified atom stereocenters. The average Bonchev–Trinajstić information content (AvgIpc) is 2.61. The smallest absolute Gasteiger partial charge is 0.224 e. The fraction of sp³-hybridized carbons (Fsp3) is 0.0952. The van der Waals surface area contributed by atoms with Gasteiger partial charge in [0.15, 0.2) is 0 Å². The number of hydrogen-bond donors (Lipinski definition) is 1. The number of carbonyl (C=O) groups excluding carboxylic acids is 1. The minimum absolute atomic E-state index is 0.0771. The van der Waals surface area contributed by atoms with Gasteiger partial charge in [-0.25, -0.2) is 4.39 Å². The van der Waals surface area contributed by atoms with E-state index >= 15 is 0 Å². The second-order valence-electron chi connectivity index (χ2n) is 5.65. The van der Waals surface area contributed by atoms with Crippen molar-refractivity contribution in [2.75, 3.05) is 0 Å². The third-order valence-corrected chi connectivity index (χ3v) is 3.80. The first-order valence-corrected chi connectivity index (χ1v) is 7.86. The zero-order valence-corrected chi connectivity index (χ0v) is 13.2. The summed E-state index contributed by atoms with van der Waals surface area (Å²) in [6, 6.07) is 24.3. The molecule has 3 heteroatoms. The van der Waals surface area contributed by atoms with Gasteiger partial charge in [0.2, 0.25) is 5.91 Å². The van der Waals surface area contributed by atoms with Crippen LogP contribution in [0.3, 0.4) is 0 Å². The number of hydrogen-bond acceptors (Lipinski definition) is 1. The Morgan fingerprint density at radius 2 is 1.50 bits per heavy atom. The van der Waals surface area contributed by atoms with Crippen LogP contribution in [0.4, 0.5) is 4.39 Å². The molecule has 0 aliphatic rings. The van der Waals surface area contributed by atoms with Crippen LogP contribution < -0.4 is 5.32 Å². The normalized spacial score (nSPS) is 10.4. The van der Waals surface area contributed by atoms with E-state index in [0.717, 1.165) is 22.3 Å². The highest BCUT2D eigenvalue weighted by molar-refractivity contribution is 5.78. The molecule has 0 aromatic heterocycles. The van der Waals surface area contributed by atoms with Gasteiger partial charge in [0, 0.05) is 6.54 Å². The molecule has 1 N–H and O–H groups in total. The molecule has 0 spiro atoms. The molecular formula is C21H18FNO. The van der Waals surface area contributed by atoms with E-state index in [1.807, 2.05) is 42.5 Å². The van der Waals surface area contributed by atoms with Crippen molar-refractivity contribution in [1.29, 1.82) is 0 Å². The summed E-state index contributed by atoms with van der Waals surface area (Å²) in [4.78, 5) is 12.0. The highest BCUT2D eigenvalue weighted by Gasteiger charge is 2.04. The minimum Gasteiger partial charge on any atom is -0.352 e. The Labute approximate surface area is 141 Å². The van der Waals surface area contributed by atoms with Gasteiger partial charge in [-0.05, 0) is 34.4 Å². The van der Waals surface area contributed by atoms with E-state index in [4.69, 9.17) is 0 Å². The van der Waals surface area contributed by atoms with Crippen LogP contribution in [-0.4, -0.2) is 5.91 Å². The second kappa shape index (κ2) is 7.55.